The normalized spacial score (nSPS) is 14.5. The molecule has 1 heterocycles. The van der Waals surface area contributed by atoms with Crippen LogP contribution in [0.1, 0.15) is 6.92 Å². The number of thiophene rings is 1. The SMILES string of the molecule is CC(CN)N(C)S(=O)(=O)c1ccc(Cl)s1. The maximum Gasteiger partial charge on any atom is 0.252 e. The van der Waals surface area contributed by atoms with Crippen LogP contribution in [0.25, 0.3) is 0 Å². The molecule has 1 rings (SSSR count). The number of sulfonamides is 1. The van der Waals surface area contributed by atoms with Crippen molar-refractivity contribution in [2.75, 3.05) is 13.6 Å². The molecule has 0 radical (unpaired) electrons. The van der Waals surface area contributed by atoms with E-state index in [4.69, 9.17) is 17.3 Å². The van der Waals surface area contributed by atoms with Crippen LogP contribution in [0.2, 0.25) is 4.34 Å². The molecule has 1 aromatic rings. The molecule has 0 saturated heterocycles. The van der Waals surface area contributed by atoms with E-state index in [0.717, 1.165) is 11.3 Å². The van der Waals surface area contributed by atoms with Crippen LogP contribution in [-0.2, 0) is 10.0 Å². The number of likely N-dealkylation sites (N-methyl/N-ethyl adjacent to an activating group) is 1. The second-order valence-electron chi connectivity index (χ2n) is 3.16. The van der Waals surface area contributed by atoms with E-state index in [0.29, 0.717) is 4.34 Å². The minimum atomic E-state index is -3.44. The molecular formula is C8H13ClN2O2S2. The molecule has 0 aliphatic carbocycles. The lowest BCUT2D eigenvalue weighted by molar-refractivity contribution is 0.395. The van der Waals surface area contributed by atoms with Crippen LogP contribution < -0.4 is 5.73 Å². The highest BCUT2D eigenvalue weighted by molar-refractivity contribution is 7.91. The lowest BCUT2D eigenvalue weighted by atomic mass is 10.4. The number of nitrogens with zero attached hydrogens (tertiary/aromatic N) is 1. The molecule has 2 N–H and O–H groups in total. The predicted octanol–water partition coefficient (Wildman–Crippen LogP) is 1.37. The summed E-state index contributed by atoms with van der Waals surface area (Å²) in [4.78, 5) is 0. The molecule has 0 saturated carbocycles. The Labute approximate surface area is 98.7 Å². The Morgan fingerprint density at radius 3 is 2.60 bits per heavy atom. The van der Waals surface area contributed by atoms with Gasteiger partial charge in [-0.15, -0.1) is 11.3 Å². The molecule has 7 heteroatoms. The zero-order valence-corrected chi connectivity index (χ0v) is 10.9. The molecule has 1 atom stereocenters. The summed E-state index contributed by atoms with van der Waals surface area (Å²) in [5.41, 5.74) is 5.42. The molecule has 0 bridgehead atoms. The van der Waals surface area contributed by atoms with Crippen LogP contribution in [-0.4, -0.2) is 32.4 Å². The van der Waals surface area contributed by atoms with Crippen molar-refractivity contribution in [2.24, 2.45) is 5.73 Å². The van der Waals surface area contributed by atoms with Crippen LogP contribution in [0.3, 0.4) is 0 Å². The highest BCUT2D eigenvalue weighted by Crippen LogP contribution is 2.28. The predicted molar refractivity (Wildman–Crippen MR) is 62.8 cm³/mol. The molecule has 86 valence electrons. The molecule has 0 fully saturated rings. The number of nitrogens with two attached hydrogens (primary N) is 1. The minimum Gasteiger partial charge on any atom is -0.329 e. The van der Waals surface area contributed by atoms with Gasteiger partial charge in [-0.2, -0.15) is 4.31 Å². The van der Waals surface area contributed by atoms with Gasteiger partial charge in [0, 0.05) is 19.6 Å². The summed E-state index contributed by atoms with van der Waals surface area (Å²) in [6, 6.07) is 2.85. The number of hydrogen-bond acceptors (Lipinski definition) is 4. The Morgan fingerprint density at radius 2 is 2.20 bits per heavy atom. The number of hydrogen-bond donors (Lipinski definition) is 1. The standard InChI is InChI=1S/C8H13ClN2O2S2/c1-6(5-10)11(2)15(12,13)8-4-3-7(9)14-8/h3-4,6H,5,10H2,1-2H3. The highest BCUT2D eigenvalue weighted by atomic mass is 35.5. The van der Waals surface area contributed by atoms with Gasteiger partial charge in [-0.1, -0.05) is 11.6 Å². The zero-order valence-electron chi connectivity index (χ0n) is 8.47. The average molecular weight is 269 g/mol. The Balaban J connectivity index is 3.03. The fourth-order valence-corrected chi connectivity index (χ4v) is 4.00. The van der Waals surface area contributed by atoms with E-state index in [9.17, 15) is 8.42 Å². The summed E-state index contributed by atoms with van der Waals surface area (Å²) in [5, 5.41) is 0. The van der Waals surface area contributed by atoms with Gasteiger partial charge in [-0.05, 0) is 19.1 Å². The Bertz CT molecular complexity index is 430. The molecule has 1 unspecified atom stereocenters. The Kier molecular flexibility index (Phi) is 4.13. The maximum absolute atomic E-state index is 12.0. The lowest BCUT2D eigenvalue weighted by Crippen LogP contribution is -2.39. The second-order valence-corrected chi connectivity index (χ2v) is 7.10. The van der Waals surface area contributed by atoms with E-state index in [1.54, 1.807) is 13.0 Å². The van der Waals surface area contributed by atoms with Crippen molar-refractivity contribution in [1.29, 1.82) is 0 Å². The van der Waals surface area contributed by atoms with E-state index in [-0.39, 0.29) is 16.8 Å². The Hall–Kier alpha value is -0.140. The smallest absolute Gasteiger partial charge is 0.252 e. The second kappa shape index (κ2) is 4.80. The largest absolute Gasteiger partial charge is 0.329 e. The first-order valence-corrected chi connectivity index (χ1v) is 6.96. The molecule has 1 aromatic heterocycles. The van der Waals surface area contributed by atoms with E-state index < -0.39 is 10.0 Å². The topological polar surface area (TPSA) is 63.4 Å². The summed E-state index contributed by atoms with van der Waals surface area (Å²) >= 11 is 6.74. The zero-order chi connectivity index (χ0) is 11.6. The van der Waals surface area contributed by atoms with E-state index >= 15 is 0 Å². The van der Waals surface area contributed by atoms with Crippen LogP contribution in [0.15, 0.2) is 16.3 Å². The lowest BCUT2D eigenvalue weighted by Gasteiger charge is -2.21. The van der Waals surface area contributed by atoms with Crippen molar-refractivity contribution < 1.29 is 8.42 Å². The Morgan fingerprint density at radius 1 is 1.60 bits per heavy atom. The summed E-state index contributed by atoms with van der Waals surface area (Å²) in [5.74, 6) is 0. The molecular weight excluding hydrogens is 256 g/mol. The first-order valence-electron chi connectivity index (χ1n) is 4.33. The fraction of sp³-hybridized carbons (Fsp3) is 0.500. The third kappa shape index (κ3) is 2.70. The number of rotatable bonds is 4. The van der Waals surface area contributed by atoms with Gasteiger partial charge in [-0.3, -0.25) is 0 Å². The first kappa shape index (κ1) is 12.9. The van der Waals surface area contributed by atoms with Crippen molar-refractivity contribution in [2.45, 2.75) is 17.2 Å². The summed E-state index contributed by atoms with van der Waals surface area (Å²) in [6.45, 7) is 2.04. The summed E-state index contributed by atoms with van der Waals surface area (Å²) in [6.07, 6.45) is 0. The summed E-state index contributed by atoms with van der Waals surface area (Å²) in [7, 11) is -1.93. The monoisotopic (exact) mass is 268 g/mol. The third-order valence-corrected chi connectivity index (χ3v) is 5.81. The van der Waals surface area contributed by atoms with Crippen molar-refractivity contribution in [3.63, 3.8) is 0 Å². The van der Waals surface area contributed by atoms with Crippen molar-refractivity contribution in [3.05, 3.63) is 16.5 Å². The third-order valence-electron chi connectivity index (χ3n) is 2.14. The van der Waals surface area contributed by atoms with Gasteiger partial charge in [-0.25, -0.2) is 8.42 Å². The van der Waals surface area contributed by atoms with E-state index in [2.05, 4.69) is 0 Å². The quantitative estimate of drug-likeness (QED) is 0.897. The van der Waals surface area contributed by atoms with Crippen molar-refractivity contribution in [3.8, 4) is 0 Å². The number of halogens is 1. The van der Waals surface area contributed by atoms with Gasteiger partial charge in [0.25, 0.3) is 10.0 Å². The van der Waals surface area contributed by atoms with Crippen LogP contribution in [0, 0.1) is 0 Å². The molecule has 0 spiro atoms. The van der Waals surface area contributed by atoms with Gasteiger partial charge in [0.2, 0.25) is 0 Å². The maximum atomic E-state index is 12.0. The van der Waals surface area contributed by atoms with E-state index in [1.165, 1.54) is 17.4 Å². The average Bonchev–Trinajstić information content (AvgIpc) is 2.63. The molecule has 15 heavy (non-hydrogen) atoms. The van der Waals surface area contributed by atoms with Gasteiger partial charge >= 0.3 is 0 Å². The van der Waals surface area contributed by atoms with Gasteiger partial charge in [0.15, 0.2) is 0 Å². The van der Waals surface area contributed by atoms with Gasteiger partial charge in [0.05, 0.1) is 4.34 Å². The van der Waals surface area contributed by atoms with Crippen LogP contribution in [0.5, 0.6) is 0 Å². The van der Waals surface area contributed by atoms with Crippen LogP contribution in [0.4, 0.5) is 0 Å². The van der Waals surface area contributed by atoms with Crippen molar-refractivity contribution >= 4 is 33.0 Å². The molecule has 4 nitrogen and oxygen atoms in total. The molecule has 0 aliphatic rings. The first-order chi connectivity index (χ1) is 6.89. The highest BCUT2D eigenvalue weighted by Gasteiger charge is 2.25. The molecule has 0 amide bonds. The molecule has 0 aromatic carbocycles. The fourth-order valence-electron chi connectivity index (χ4n) is 0.964. The van der Waals surface area contributed by atoms with E-state index in [1.807, 2.05) is 0 Å². The van der Waals surface area contributed by atoms with Crippen molar-refractivity contribution in [1.82, 2.24) is 4.31 Å². The van der Waals surface area contributed by atoms with Gasteiger partial charge < -0.3 is 5.73 Å². The minimum absolute atomic E-state index is 0.226. The van der Waals surface area contributed by atoms with Crippen LogP contribution >= 0.6 is 22.9 Å². The summed E-state index contributed by atoms with van der Waals surface area (Å²) < 4.78 is 25.9. The van der Waals surface area contributed by atoms with Gasteiger partial charge in [0.1, 0.15) is 4.21 Å². The molecule has 0 aliphatic heterocycles.